The van der Waals surface area contributed by atoms with Gasteiger partial charge in [0.15, 0.2) is 0 Å². The van der Waals surface area contributed by atoms with Crippen LogP contribution in [0.25, 0.3) is 0 Å². The van der Waals surface area contributed by atoms with Gasteiger partial charge in [-0.15, -0.1) is 0 Å². The van der Waals surface area contributed by atoms with E-state index in [1.165, 1.54) is 17.0 Å². The van der Waals surface area contributed by atoms with E-state index in [0.717, 1.165) is 12.1 Å². The van der Waals surface area contributed by atoms with Crippen molar-refractivity contribution < 1.29 is 36.2 Å². The highest BCUT2D eigenvalue weighted by Crippen LogP contribution is 2.35. The zero-order chi connectivity index (χ0) is 19.5. The average Bonchev–Trinajstić information content (AvgIpc) is 2.53. The molecule has 2 rings (SSSR count). The van der Waals surface area contributed by atoms with Gasteiger partial charge >= 0.3 is 12.4 Å². The zero-order valence-corrected chi connectivity index (χ0v) is 13.7. The van der Waals surface area contributed by atoms with Crippen LogP contribution in [0.3, 0.4) is 0 Å². The molecule has 1 aliphatic heterocycles. The summed E-state index contributed by atoms with van der Waals surface area (Å²) < 4.78 is 77.5. The second-order valence-electron chi connectivity index (χ2n) is 6.54. The van der Waals surface area contributed by atoms with E-state index in [-0.39, 0.29) is 12.5 Å². The molecule has 0 aromatic heterocycles. The Bertz CT molecular complexity index is 628. The summed E-state index contributed by atoms with van der Waals surface area (Å²) in [4.78, 5) is 12.0. The van der Waals surface area contributed by atoms with E-state index in [1.54, 1.807) is 0 Å². The van der Waals surface area contributed by atoms with Gasteiger partial charge in [0.1, 0.15) is 0 Å². The molecule has 0 radical (unpaired) electrons. The Kier molecular flexibility index (Phi) is 6.21. The summed E-state index contributed by atoms with van der Waals surface area (Å²) >= 11 is 0. The number of nitrogens with zero attached hydrogens (tertiary/aromatic N) is 1. The van der Waals surface area contributed by atoms with E-state index in [4.69, 9.17) is 0 Å². The Hall–Kier alpha value is -1.77. The molecule has 0 N–H and O–H groups in total. The van der Waals surface area contributed by atoms with E-state index < -0.39 is 42.8 Å². The second-order valence-corrected chi connectivity index (χ2v) is 6.54. The Morgan fingerprint density at radius 3 is 2.50 bits per heavy atom. The van der Waals surface area contributed by atoms with Crippen molar-refractivity contribution in [3.05, 3.63) is 35.4 Å². The Labute approximate surface area is 146 Å². The lowest BCUT2D eigenvalue weighted by Crippen LogP contribution is -2.43. The molecule has 1 heterocycles. The van der Waals surface area contributed by atoms with Gasteiger partial charge in [-0.25, -0.2) is 0 Å². The van der Waals surface area contributed by atoms with E-state index in [9.17, 15) is 36.2 Å². The zero-order valence-electron chi connectivity index (χ0n) is 13.7. The van der Waals surface area contributed by atoms with E-state index in [2.05, 4.69) is 0 Å². The van der Waals surface area contributed by atoms with E-state index in [0.29, 0.717) is 24.9 Å². The predicted octanol–water partition coefficient (Wildman–Crippen LogP) is 3.20. The molecule has 0 amide bonds. The summed E-state index contributed by atoms with van der Waals surface area (Å²) in [6.07, 6.45) is -9.20. The third-order valence-corrected chi connectivity index (χ3v) is 4.55. The van der Waals surface area contributed by atoms with Crippen LogP contribution in [0, 0.1) is 5.92 Å². The SMILES string of the molecule is O=C([O-])CC(CN1CCCC(c2cccc(C(F)(F)F)c2)C1)C(F)(F)F. The van der Waals surface area contributed by atoms with Crippen molar-refractivity contribution in [2.24, 2.45) is 5.92 Å². The minimum absolute atomic E-state index is 0.154. The van der Waals surface area contributed by atoms with Crippen molar-refractivity contribution in [2.75, 3.05) is 19.6 Å². The molecule has 26 heavy (non-hydrogen) atoms. The van der Waals surface area contributed by atoms with Gasteiger partial charge < -0.3 is 14.8 Å². The minimum atomic E-state index is -4.68. The van der Waals surface area contributed by atoms with Crippen molar-refractivity contribution in [3.8, 4) is 0 Å². The number of hydrogen-bond donors (Lipinski definition) is 0. The van der Waals surface area contributed by atoms with Crippen LogP contribution < -0.4 is 5.11 Å². The number of hydrogen-bond acceptors (Lipinski definition) is 3. The molecule has 2 unspecified atom stereocenters. The fourth-order valence-electron chi connectivity index (χ4n) is 3.26. The van der Waals surface area contributed by atoms with Crippen molar-refractivity contribution in [2.45, 2.75) is 37.5 Å². The van der Waals surface area contributed by atoms with Crippen LogP contribution in [0.15, 0.2) is 24.3 Å². The first-order valence-electron chi connectivity index (χ1n) is 8.13. The maximum Gasteiger partial charge on any atom is 0.416 e. The van der Waals surface area contributed by atoms with Crippen LogP contribution >= 0.6 is 0 Å². The van der Waals surface area contributed by atoms with Crippen LogP contribution in [0.5, 0.6) is 0 Å². The number of halogens is 6. The lowest BCUT2D eigenvalue weighted by Gasteiger charge is -2.36. The number of alkyl halides is 6. The van der Waals surface area contributed by atoms with Crippen molar-refractivity contribution in [3.63, 3.8) is 0 Å². The van der Waals surface area contributed by atoms with E-state index in [1.807, 2.05) is 0 Å². The summed E-state index contributed by atoms with van der Waals surface area (Å²) in [7, 11) is 0. The fraction of sp³-hybridized carbons (Fsp3) is 0.588. The maximum absolute atomic E-state index is 13.0. The second kappa shape index (κ2) is 7.85. The van der Waals surface area contributed by atoms with E-state index >= 15 is 0 Å². The van der Waals surface area contributed by atoms with Gasteiger partial charge in [-0.05, 0) is 43.4 Å². The first-order valence-corrected chi connectivity index (χ1v) is 8.13. The summed E-state index contributed by atoms with van der Waals surface area (Å²) in [5.74, 6) is -4.17. The molecule has 0 aliphatic carbocycles. The lowest BCUT2D eigenvalue weighted by atomic mass is 9.89. The number of carbonyl (C=O) groups excluding carboxylic acids is 1. The monoisotopic (exact) mass is 382 g/mol. The molecule has 9 heteroatoms. The summed E-state index contributed by atoms with van der Waals surface area (Å²) in [6.45, 7) is -0.0109. The lowest BCUT2D eigenvalue weighted by molar-refractivity contribution is -0.310. The van der Waals surface area contributed by atoms with Crippen LogP contribution in [-0.2, 0) is 11.0 Å². The molecular weight excluding hydrogens is 364 g/mol. The number of carboxylic acids is 1. The molecule has 0 bridgehead atoms. The molecule has 3 nitrogen and oxygen atoms in total. The van der Waals surface area contributed by atoms with Gasteiger partial charge in [0.25, 0.3) is 0 Å². The third-order valence-electron chi connectivity index (χ3n) is 4.55. The first kappa shape index (κ1) is 20.5. The smallest absolute Gasteiger partial charge is 0.416 e. The Morgan fingerprint density at radius 2 is 1.92 bits per heavy atom. The molecule has 1 aliphatic rings. The van der Waals surface area contributed by atoms with Crippen molar-refractivity contribution >= 4 is 5.97 Å². The third kappa shape index (κ3) is 5.62. The summed E-state index contributed by atoms with van der Waals surface area (Å²) in [5.41, 5.74) is -0.370. The molecule has 0 spiro atoms. The first-order chi connectivity index (χ1) is 12.0. The normalized spacial score (nSPS) is 20.8. The molecule has 1 aromatic rings. The Morgan fingerprint density at radius 1 is 1.23 bits per heavy atom. The largest absolute Gasteiger partial charge is 0.550 e. The van der Waals surface area contributed by atoms with Gasteiger partial charge in [0.05, 0.1) is 11.5 Å². The van der Waals surface area contributed by atoms with Gasteiger partial charge in [0, 0.05) is 19.1 Å². The van der Waals surface area contributed by atoms with Crippen molar-refractivity contribution in [1.82, 2.24) is 4.90 Å². The predicted molar refractivity (Wildman–Crippen MR) is 79.0 cm³/mol. The minimum Gasteiger partial charge on any atom is -0.550 e. The number of carbonyl (C=O) groups is 1. The van der Waals surface area contributed by atoms with Gasteiger partial charge in [-0.3, -0.25) is 0 Å². The molecule has 1 saturated heterocycles. The maximum atomic E-state index is 13.0. The van der Waals surface area contributed by atoms with Crippen LogP contribution in [0.2, 0.25) is 0 Å². The standard InChI is InChI=1S/C17H19F6NO2/c18-16(19,20)13-5-1-3-11(7-13)12-4-2-6-24(9-12)10-14(8-15(25)26)17(21,22)23/h1,3,5,7,12,14H,2,4,6,8-10H2,(H,25,26)/p-1. The molecule has 2 atom stereocenters. The summed E-state index contributed by atoms with van der Waals surface area (Å²) in [5, 5.41) is 10.6. The fourth-order valence-corrected chi connectivity index (χ4v) is 3.26. The average molecular weight is 382 g/mol. The molecule has 0 saturated carbocycles. The van der Waals surface area contributed by atoms with Gasteiger partial charge in [0.2, 0.25) is 0 Å². The number of likely N-dealkylation sites (tertiary alicyclic amines) is 1. The van der Waals surface area contributed by atoms with Crippen LogP contribution in [0.4, 0.5) is 26.3 Å². The number of carboxylic acid groups (broad SMARTS) is 1. The number of aliphatic carboxylic acids is 1. The van der Waals surface area contributed by atoms with Gasteiger partial charge in [-0.2, -0.15) is 26.3 Å². The highest BCUT2D eigenvalue weighted by atomic mass is 19.4. The molecule has 1 fully saturated rings. The topological polar surface area (TPSA) is 43.4 Å². The number of rotatable bonds is 5. The summed E-state index contributed by atoms with van der Waals surface area (Å²) in [6, 6.07) is 4.79. The molecule has 1 aromatic carbocycles. The quantitative estimate of drug-likeness (QED) is 0.735. The number of piperidine rings is 1. The molecular formula is C17H18F6NO2-. The highest BCUT2D eigenvalue weighted by molar-refractivity contribution is 5.64. The molecule has 146 valence electrons. The highest BCUT2D eigenvalue weighted by Gasteiger charge is 2.41. The van der Waals surface area contributed by atoms with Crippen LogP contribution in [0.1, 0.15) is 36.3 Å². The van der Waals surface area contributed by atoms with Crippen molar-refractivity contribution in [1.29, 1.82) is 0 Å². The van der Waals surface area contributed by atoms with Gasteiger partial charge in [-0.1, -0.05) is 18.2 Å². The Balaban J connectivity index is 2.10. The van der Waals surface area contributed by atoms with Crippen LogP contribution in [-0.4, -0.2) is 36.7 Å². The number of benzene rings is 1.